The maximum Gasteiger partial charge on any atom is 0.470 e. The predicted molar refractivity (Wildman–Crippen MR) is 145 cm³/mol. The molecular weight excluding hydrogens is 566 g/mol. The Balaban J connectivity index is 1.64. The van der Waals surface area contributed by atoms with Crippen LogP contribution in [0.2, 0.25) is 0 Å². The molecule has 2 amide bonds. The van der Waals surface area contributed by atoms with E-state index in [0.717, 1.165) is 17.2 Å². The quantitative estimate of drug-likeness (QED) is 0.208. The highest BCUT2D eigenvalue weighted by atomic mass is 32.2. The van der Waals surface area contributed by atoms with E-state index in [0.29, 0.717) is 5.69 Å². The number of amides is 2. The van der Waals surface area contributed by atoms with Crippen molar-refractivity contribution in [2.75, 3.05) is 29.5 Å². The maximum absolute atomic E-state index is 15.2. The van der Waals surface area contributed by atoms with Crippen LogP contribution >= 0.6 is 0 Å². The lowest BCUT2D eigenvalue weighted by molar-refractivity contribution is -0.156. The molecule has 0 saturated carbocycles. The molecule has 0 aliphatic carbocycles. The summed E-state index contributed by atoms with van der Waals surface area (Å²) in [6, 6.07) is 9.93. The lowest BCUT2D eigenvalue weighted by Crippen LogP contribution is -2.49. The number of carbonyl (C=O) groups is 1. The van der Waals surface area contributed by atoms with E-state index in [4.69, 9.17) is 0 Å². The van der Waals surface area contributed by atoms with E-state index in [2.05, 4.69) is 26.3 Å². The van der Waals surface area contributed by atoms with Crippen LogP contribution in [0.5, 0.6) is 0 Å². The van der Waals surface area contributed by atoms with Crippen LogP contribution in [-0.4, -0.2) is 60.9 Å². The molecule has 1 aliphatic heterocycles. The van der Waals surface area contributed by atoms with Crippen molar-refractivity contribution in [3.8, 4) is 11.5 Å². The Morgan fingerprint density at radius 3 is 2.39 bits per heavy atom. The van der Waals surface area contributed by atoms with E-state index >= 15 is 4.39 Å². The Bertz CT molecular complexity index is 1580. The van der Waals surface area contributed by atoms with Gasteiger partial charge < -0.3 is 9.32 Å². The molecule has 3 aromatic rings. The molecule has 4 rings (SSSR count). The SMILES string of the molecule is C=N/C=C\C(=C/C)c1ccc(N(Cc2ccc(-c3nnc(C(F)(F)F)o3)cc2F)C(=O)N2CCS(=O)(=O)CC2)cc1. The number of halogens is 4. The Kier molecular flexibility index (Phi) is 8.71. The summed E-state index contributed by atoms with van der Waals surface area (Å²) in [5, 5.41) is 6.29. The molecule has 0 N–H and O–H groups in total. The number of allylic oxidation sites excluding steroid dienone is 3. The van der Waals surface area contributed by atoms with Gasteiger partial charge in [-0.05, 0) is 55.1 Å². The highest BCUT2D eigenvalue weighted by Crippen LogP contribution is 2.31. The van der Waals surface area contributed by atoms with Crippen molar-refractivity contribution in [3.63, 3.8) is 0 Å². The fourth-order valence-corrected chi connectivity index (χ4v) is 5.30. The number of anilines is 1. The third-order valence-electron chi connectivity index (χ3n) is 6.32. The van der Waals surface area contributed by atoms with Gasteiger partial charge in [0.2, 0.25) is 5.89 Å². The number of hydrogen-bond acceptors (Lipinski definition) is 7. The minimum atomic E-state index is -4.85. The predicted octanol–water partition coefficient (Wildman–Crippen LogP) is 5.37. The third kappa shape index (κ3) is 7.06. The Labute approximate surface area is 233 Å². The molecule has 0 unspecified atom stereocenters. The van der Waals surface area contributed by atoms with Gasteiger partial charge in [-0.25, -0.2) is 17.6 Å². The molecule has 0 radical (unpaired) electrons. The minimum absolute atomic E-state index is 0.0159. The van der Waals surface area contributed by atoms with E-state index in [1.807, 2.05) is 13.0 Å². The molecule has 1 fully saturated rings. The van der Waals surface area contributed by atoms with Crippen LogP contribution < -0.4 is 4.90 Å². The van der Waals surface area contributed by atoms with Gasteiger partial charge in [0.05, 0.1) is 18.1 Å². The Morgan fingerprint density at radius 2 is 1.83 bits per heavy atom. The van der Waals surface area contributed by atoms with Gasteiger partial charge in [0.15, 0.2) is 9.84 Å². The fraction of sp³-hybridized carbons (Fsp3) is 0.259. The molecule has 41 heavy (non-hydrogen) atoms. The van der Waals surface area contributed by atoms with Gasteiger partial charge in [-0.15, -0.1) is 10.2 Å². The summed E-state index contributed by atoms with van der Waals surface area (Å²) in [7, 11) is -3.26. The van der Waals surface area contributed by atoms with Gasteiger partial charge in [0.1, 0.15) is 5.82 Å². The first-order chi connectivity index (χ1) is 19.4. The third-order valence-corrected chi connectivity index (χ3v) is 7.93. The van der Waals surface area contributed by atoms with Gasteiger partial charge in [0.25, 0.3) is 0 Å². The summed E-state index contributed by atoms with van der Waals surface area (Å²) in [4.78, 5) is 20.0. The van der Waals surface area contributed by atoms with E-state index < -0.39 is 39.6 Å². The number of rotatable bonds is 7. The first-order valence-electron chi connectivity index (χ1n) is 12.3. The molecule has 1 aliphatic rings. The van der Waals surface area contributed by atoms with E-state index in [-0.39, 0.29) is 42.3 Å². The number of aliphatic imine (C=N–C) groups is 1. The van der Waals surface area contributed by atoms with Crippen molar-refractivity contribution in [1.29, 1.82) is 0 Å². The first kappa shape index (κ1) is 29.6. The summed E-state index contributed by atoms with van der Waals surface area (Å²) in [5.41, 5.74) is 2.07. The number of nitrogens with zero attached hydrogens (tertiary/aromatic N) is 5. The topological polar surface area (TPSA) is 109 Å². The molecule has 14 heteroatoms. The normalized spacial score (nSPS) is 15.7. The number of alkyl halides is 3. The lowest BCUT2D eigenvalue weighted by Gasteiger charge is -2.33. The Morgan fingerprint density at radius 1 is 1.15 bits per heavy atom. The summed E-state index contributed by atoms with van der Waals surface area (Å²) in [5.74, 6) is -3.26. The zero-order valence-corrected chi connectivity index (χ0v) is 22.6. The zero-order valence-electron chi connectivity index (χ0n) is 21.8. The first-order valence-corrected chi connectivity index (χ1v) is 14.1. The van der Waals surface area contributed by atoms with E-state index in [9.17, 15) is 26.4 Å². The van der Waals surface area contributed by atoms with Crippen LogP contribution in [0.1, 0.15) is 23.9 Å². The number of benzene rings is 2. The van der Waals surface area contributed by atoms with Gasteiger partial charge in [0, 0.05) is 36.1 Å². The van der Waals surface area contributed by atoms with Crippen LogP contribution in [0.25, 0.3) is 17.0 Å². The van der Waals surface area contributed by atoms with Crippen LogP contribution in [0.3, 0.4) is 0 Å². The van der Waals surface area contributed by atoms with Gasteiger partial charge in [-0.1, -0.05) is 24.3 Å². The van der Waals surface area contributed by atoms with E-state index in [1.165, 1.54) is 28.1 Å². The van der Waals surface area contributed by atoms with Crippen molar-refractivity contribution in [2.45, 2.75) is 19.6 Å². The standard InChI is InChI=1S/C27H25F4N5O4S/c1-3-18(10-11-32-2)19-6-8-22(9-7-19)36(26(37)35-12-14-41(38,39)15-13-35)17-21-5-4-20(16-23(21)28)24-33-34-25(40-24)27(29,30)31/h3-11,16H,2,12-15,17H2,1H3/b11-10-,18-3+. The van der Waals surface area contributed by atoms with Crippen molar-refractivity contribution in [1.82, 2.24) is 15.1 Å². The van der Waals surface area contributed by atoms with Gasteiger partial charge in [-0.3, -0.25) is 9.89 Å². The second-order valence-corrected chi connectivity index (χ2v) is 11.3. The second-order valence-electron chi connectivity index (χ2n) is 9.01. The van der Waals surface area contributed by atoms with Gasteiger partial charge in [-0.2, -0.15) is 13.2 Å². The monoisotopic (exact) mass is 591 g/mol. The molecule has 0 atom stereocenters. The molecule has 0 bridgehead atoms. The van der Waals surface area contributed by atoms with Crippen molar-refractivity contribution < 1.29 is 35.2 Å². The summed E-state index contributed by atoms with van der Waals surface area (Å²) >= 11 is 0. The van der Waals surface area contributed by atoms with Crippen LogP contribution in [0.4, 0.5) is 28.0 Å². The van der Waals surface area contributed by atoms with Crippen molar-refractivity contribution in [3.05, 3.63) is 83.7 Å². The minimum Gasteiger partial charge on any atom is -0.413 e. The molecule has 9 nitrogen and oxygen atoms in total. The van der Waals surface area contributed by atoms with Crippen LogP contribution in [0, 0.1) is 5.82 Å². The van der Waals surface area contributed by atoms with Gasteiger partial charge >= 0.3 is 18.1 Å². The molecular formula is C27H25F4N5O4S. The van der Waals surface area contributed by atoms with Crippen LogP contribution in [0.15, 0.2) is 70.2 Å². The molecule has 1 aromatic heterocycles. The largest absolute Gasteiger partial charge is 0.470 e. The summed E-state index contributed by atoms with van der Waals surface area (Å²) < 4.78 is 82.1. The molecule has 0 spiro atoms. The highest BCUT2D eigenvalue weighted by molar-refractivity contribution is 7.91. The van der Waals surface area contributed by atoms with E-state index in [1.54, 1.807) is 30.3 Å². The maximum atomic E-state index is 15.2. The van der Waals surface area contributed by atoms with Crippen molar-refractivity contribution in [2.24, 2.45) is 4.99 Å². The number of urea groups is 1. The molecule has 2 heterocycles. The summed E-state index contributed by atoms with van der Waals surface area (Å²) in [6.45, 7) is 4.98. The molecule has 1 saturated heterocycles. The average Bonchev–Trinajstić information content (AvgIpc) is 3.44. The number of sulfone groups is 1. The average molecular weight is 592 g/mol. The summed E-state index contributed by atoms with van der Waals surface area (Å²) in [6.07, 6.45) is 0.317. The smallest absolute Gasteiger partial charge is 0.413 e. The van der Waals surface area contributed by atoms with Crippen LogP contribution in [-0.2, 0) is 22.6 Å². The number of carbonyl (C=O) groups excluding carboxylic acids is 1. The zero-order chi connectivity index (χ0) is 29.8. The number of hydrogen-bond donors (Lipinski definition) is 0. The highest BCUT2D eigenvalue weighted by Gasteiger charge is 2.38. The van der Waals surface area contributed by atoms with Crippen molar-refractivity contribution >= 4 is 33.8 Å². The number of aromatic nitrogens is 2. The Hall–Kier alpha value is -4.33. The lowest BCUT2D eigenvalue weighted by atomic mass is 10.0. The second kappa shape index (κ2) is 12.0. The molecule has 216 valence electrons. The molecule has 2 aromatic carbocycles. The fourth-order valence-electron chi connectivity index (χ4n) is 4.10.